The van der Waals surface area contributed by atoms with E-state index in [-0.39, 0.29) is 41.6 Å². The van der Waals surface area contributed by atoms with Gasteiger partial charge in [0, 0.05) is 37.1 Å². The van der Waals surface area contributed by atoms with Gasteiger partial charge >= 0.3 is 23.5 Å². The molecular formula is C46H84N7O17P3S. The van der Waals surface area contributed by atoms with Crippen LogP contribution >= 0.6 is 35.2 Å². The van der Waals surface area contributed by atoms with Crippen LogP contribution in [0.15, 0.2) is 12.7 Å². The highest BCUT2D eigenvalue weighted by atomic mass is 32.2. The number of nitrogens with one attached hydrogen (secondary N) is 2. The maximum atomic E-state index is 12.8. The highest BCUT2D eigenvalue weighted by Gasteiger charge is 2.50. The molecule has 0 bridgehead atoms. The van der Waals surface area contributed by atoms with E-state index in [1.54, 1.807) is 0 Å². The maximum absolute atomic E-state index is 12.8. The van der Waals surface area contributed by atoms with Gasteiger partial charge in [-0.25, -0.2) is 28.6 Å². The fraction of sp³-hybridized carbons (Fsp3) is 0.826. The van der Waals surface area contributed by atoms with Crippen molar-refractivity contribution >= 4 is 69.1 Å². The van der Waals surface area contributed by atoms with Crippen molar-refractivity contribution in [2.45, 2.75) is 206 Å². The number of phosphoric ester groups is 3. The Hall–Kier alpha value is -2.44. The molecule has 1 saturated heterocycles. The second kappa shape index (κ2) is 34.4. The van der Waals surface area contributed by atoms with E-state index in [0.717, 1.165) is 48.2 Å². The van der Waals surface area contributed by atoms with Gasteiger partial charge in [-0.15, -0.1) is 0 Å². The molecule has 426 valence electrons. The smallest absolute Gasteiger partial charge is 0.386 e. The number of hydrogen-bond donors (Lipinski definition) is 9. The number of nitrogens with two attached hydrogens (primary N) is 1. The number of aliphatic hydroxyl groups excluding tert-OH is 2. The van der Waals surface area contributed by atoms with Crippen LogP contribution in [0, 0.1) is 5.41 Å². The molecule has 1 aliphatic heterocycles. The molecule has 0 aliphatic carbocycles. The van der Waals surface area contributed by atoms with Crippen LogP contribution in [0.1, 0.15) is 181 Å². The van der Waals surface area contributed by atoms with Gasteiger partial charge in [-0.3, -0.25) is 32.5 Å². The van der Waals surface area contributed by atoms with E-state index in [2.05, 4.69) is 41.3 Å². The zero-order valence-corrected chi connectivity index (χ0v) is 46.8. The Morgan fingerprint density at radius 2 is 1.30 bits per heavy atom. The number of phosphoric acid groups is 3. The van der Waals surface area contributed by atoms with Crippen LogP contribution in [-0.2, 0) is 50.7 Å². The SMILES string of the molecule is CCCCCCCCCCCCCCCCCCCCCCCCC(=O)SCCNC(=O)CCNC(=O)C(O)C(C)(C)COP(=O)(O)OP(=O)(O)OCC1OC(n2cnc3c(N)ncnc32)C(O)C1OP(=O)(O)O. The van der Waals surface area contributed by atoms with Crippen molar-refractivity contribution in [2.24, 2.45) is 5.41 Å². The van der Waals surface area contributed by atoms with Crippen molar-refractivity contribution in [3.63, 3.8) is 0 Å². The summed E-state index contributed by atoms with van der Waals surface area (Å²) in [6.07, 6.45) is 22.3. The van der Waals surface area contributed by atoms with Crippen molar-refractivity contribution in [1.29, 1.82) is 0 Å². The number of rotatable bonds is 42. The molecule has 24 nitrogen and oxygen atoms in total. The summed E-state index contributed by atoms with van der Waals surface area (Å²) in [4.78, 5) is 88.6. The Labute approximate surface area is 439 Å². The Balaban J connectivity index is 1.21. The molecule has 10 N–H and O–H groups in total. The number of hydrogen-bond acceptors (Lipinski definition) is 18. The first kappa shape index (κ1) is 65.8. The number of aromatic nitrogens is 4. The second-order valence-electron chi connectivity index (χ2n) is 19.5. The molecule has 2 aromatic rings. The molecule has 3 rings (SSSR count). The van der Waals surface area contributed by atoms with E-state index < -0.39 is 84.6 Å². The predicted molar refractivity (Wildman–Crippen MR) is 279 cm³/mol. The Morgan fingerprint density at radius 1 is 0.770 bits per heavy atom. The van der Waals surface area contributed by atoms with Crippen LogP contribution in [0.2, 0.25) is 0 Å². The van der Waals surface area contributed by atoms with Gasteiger partial charge in [-0.1, -0.05) is 167 Å². The van der Waals surface area contributed by atoms with E-state index in [4.69, 9.17) is 19.5 Å². The monoisotopic (exact) mass is 1130 g/mol. The van der Waals surface area contributed by atoms with Crippen molar-refractivity contribution < 1.29 is 80.5 Å². The van der Waals surface area contributed by atoms with E-state index in [0.29, 0.717) is 12.2 Å². The van der Waals surface area contributed by atoms with Crippen molar-refractivity contribution in [3.05, 3.63) is 12.7 Å². The number of amides is 2. The van der Waals surface area contributed by atoms with E-state index >= 15 is 0 Å². The first-order valence-electron chi connectivity index (χ1n) is 26.1. The van der Waals surface area contributed by atoms with Gasteiger partial charge in [-0.2, -0.15) is 4.31 Å². The largest absolute Gasteiger partial charge is 0.481 e. The maximum Gasteiger partial charge on any atom is 0.481 e. The van der Waals surface area contributed by atoms with Gasteiger partial charge in [0.05, 0.1) is 19.5 Å². The number of nitrogens with zero attached hydrogens (tertiary/aromatic N) is 4. The summed E-state index contributed by atoms with van der Waals surface area (Å²) < 4.78 is 62.6. The molecule has 0 radical (unpaired) electrons. The van der Waals surface area contributed by atoms with Gasteiger partial charge in [0.15, 0.2) is 22.8 Å². The summed E-state index contributed by atoms with van der Waals surface area (Å²) in [6.45, 7) is 2.86. The van der Waals surface area contributed by atoms with E-state index in [9.17, 15) is 57.9 Å². The third kappa shape index (κ3) is 26.3. The number of anilines is 1. The number of fused-ring (bicyclic) bond motifs is 1. The van der Waals surface area contributed by atoms with Gasteiger partial charge in [0.25, 0.3) is 0 Å². The summed E-state index contributed by atoms with van der Waals surface area (Å²) in [5.41, 5.74) is 4.30. The first-order chi connectivity index (χ1) is 35.1. The molecule has 0 saturated carbocycles. The minimum atomic E-state index is -5.58. The minimum Gasteiger partial charge on any atom is -0.386 e. The number of imidazole rings is 1. The average molecular weight is 1130 g/mol. The molecule has 2 amide bonds. The number of unbranched alkanes of at least 4 members (excludes halogenated alkanes) is 21. The van der Waals surface area contributed by atoms with Crippen molar-refractivity contribution in [3.8, 4) is 0 Å². The Morgan fingerprint density at radius 3 is 1.84 bits per heavy atom. The van der Waals surface area contributed by atoms with Crippen LogP contribution in [0.4, 0.5) is 5.82 Å². The highest BCUT2D eigenvalue weighted by molar-refractivity contribution is 8.13. The number of nitrogen functional groups attached to an aromatic ring is 1. The van der Waals surface area contributed by atoms with Crippen LogP contribution < -0.4 is 16.4 Å². The Kier molecular flexibility index (Phi) is 30.6. The number of aliphatic hydroxyl groups is 2. The summed E-state index contributed by atoms with van der Waals surface area (Å²) in [7, 11) is -16.4. The normalized spacial score (nSPS) is 19.3. The van der Waals surface area contributed by atoms with Gasteiger partial charge in [0.2, 0.25) is 11.8 Å². The lowest BCUT2D eigenvalue weighted by molar-refractivity contribution is -0.137. The zero-order chi connectivity index (χ0) is 54.6. The molecule has 3 heterocycles. The molecule has 0 aromatic carbocycles. The fourth-order valence-corrected chi connectivity index (χ4v) is 11.8. The number of carbonyl (C=O) groups excluding carboxylic acids is 3. The molecule has 7 unspecified atom stereocenters. The number of thioether (sulfide) groups is 1. The quantitative estimate of drug-likeness (QED) is 0.0227. The summed E-state index contributed by atoms with van der Waals surface area (Å²) in [5.74, 6) is -1.01. The summed E-state index contributed by atoms with van der Waals surface area (Å²) >= 11 is 1.16. The van der Waals surface area contributed by atoms with Crippen LogP contribution in [0.3, 0.4) is 0 Å². The lowest BCUT2D eigenvalue weighted by Gasteiger charge is -2.30. The van der Waals surface area contributed by atoms with E-state index in [1.807, 2.05) is 0 Å². The lowest BCUT2D eigenvalue weighted by atomic mass is 9.87. The standard InChI is InChI=1S/C46H84N7O17P3S/c1-4-5-6-7-8-9-10-11-12-13-14-15-16-17-18-19-20-21-22-23-24-25-26-37(55)74-30-29-48-36(54)27-28-49-44(58)41(57)46(2,3)32-67-73(64,65)70-72(62,63)66-31-35-40(69-71(59,60)61)39(56)45(68-35)53-34-52-38-42(47)50-33-51-43(38)53/h33-35,39-41,45,56-57H,4-32H2,1-3H3,(H,48,54)(H,49,58)(H,62,63)(H,64,65)(H2,47,50,51)(H2,59,60,61). The molecule has 1 fully saturated rings. The number of ether oxygens (including phenoxy) is 1. The van der Waals surface area contributed by atoms with Crippen LogP contribution in [0.25, 0.3) is 11.2 Å². The second-order valence-corrected chi connectivity index (χ2v) is 24.9. The van der Waals surface area contributed by atoms with Crippen LogP contribution in [-0.4, -0.2) is 123 Å². The minimum absolute atomic E-state index is 0.0347. The van der Waals surface area contributed by atoms with Gasteiger partial charge in [-0.05, 0) is 6.42 Å². The Bertz CT molecular complexity index is 2120. The molecule has 74 heavy (non-hydrogen) atoms. The fourth-order valence-electron chi connectivity index (χ4n) is 8.25. The zero-order valence-electron chi connectivity index (χ0n) is 43.3. The average Bonchev–Trinajstić information content (AvgIpc) is 3.90. The third-order valence-corrected chi connectivity index (χ3v) is 16.5. The lowest BCUT2D eigenvalue weighted by Crippen LogP contribution is -2.46. The molecule has 0 spiro atoms. The summed E-state index contributed by atoms with van der Waals surface area (Å²) in [6, 6.07) is 0. The molecular weight excluding hydrogens is 1050 g/mol. The molecule has 28 heteroatoms. The first-order valence-corrected chi connectivity index (χ1v) is 31.6. The van der Waals surface area contributed by atoms with Crippen molar-refractivity contribution in [1.82, 2.24) is 30.2 Å². The van der Waals surface area contributed by atoms with Gasteiger partial charge < -0.3 is 50.9 Å². The third-order valence-electron chi connectivity index (χ3n) is 12.5. The topological polar surface area (TPSA) is 364 Å². The molecule has 1 aliphatic rings. The van der Waals surface area contributed by atoms with Crippen LogP contribution in [0.5, 0.6) is 0 Å². The summed E-state index contributed by atoms with van der Waals surface area (Å²) in [5, 5.41) is 26.7. The highest BCUT2D eigenvalue weighted by Crippen LogP contribution is 2.61. The molecule has 2 aromatic heterocycles. The van der Waals surface area contributed by atoms with E-state index in [1.165, 1.54) is 136 Å². The predicted octanol–water partition coefficient (Wildman–Crippen LogP) is 7.66. The number of carbonyl (C=O) groups is 3. The molecule has 7 atom stereocenters. The van der Waals surface area contributed by atoms with Crippen molar-refractivity contribution in [2.75, 3.05) is 37.8 Å². The van der Waals surface area contributed by atoms with Gasteiger partial charge in [0.1, 0.15) is 36.3 Å².